The standard InChI is InChI=1S/C27H30N6O4/c1-4-19-10-11-33(30-19)25-23-22(21(37-3)15-29-25)20(14-28-23)24(34)27(36)31-12-13-32(17(2)16-31)26(35)18-8-6-5-7-9-18/h5-11,15,17,20,28H,4,12-14,16H2,1-3H3. The molecule has 2 aliphatic rings. The molecule has 192 valence electrons. The van der Waals surface area contributed by atoms with E-state index in [9.17, 15) is 14.4 Å². The van der Waals surface area contributed by atoms with Crippen LogP contribution in [0.15, 0.2) is 48.8 Å². The number of nitrogens with zero attached hydrogens (tertiary/aromatic N) is 5. The summed E-state index contributed by atoms with van der Waals surface area (Å²) in [4.78, 5) is 47.6. The number of benzene rings is 1. The molecule has 0 radical (unpaired) electrons. The van der Waals surface area contributed by atoms with Crippen LogP contribution >= 0.6 is 0 Å². The maximum atomic E-state index is 13.5. The highest BCUT2D eigenvalue weighted by Gasteiger charge is 2.41. The number of rotatable bonds is 6. The lowest BCUT2D eigenvalue weighted by atomic mass is 9.95. The van der Waals surface area contributed by atoms with Gasteiger partial charge in [0.25, 0.3) is 11.8 Å². The molecule has 0 spiro atoms. The zero-order valence-electron chi connectivity index (χ0n) is 21.2. The third-order valence-corrected chi connectivity index (χ3v) is 7.06. The summed E-state index contributed by atoms with van der Waals surface area (Å²) in [6, 6.07) is 10.8. The molecule has 0 bridgehead atoms. The average Bonchev–Trinajstić information content (AvgIpc) is 3.60. The second-order valence-electron chi connectivity index (χ2n) is 9.31. The zero-order valence-corrected chi connectivity index (χ0v) is 21.2. The lowest BCUT2D eigenvalue weighted by Crippen LogP contribution is -2.57. The van der Waals surface area contributed by atoms with Gasteiger partial charge in [0, 0.05) is 49.5 Å². The Labute approximate surface area is 215 Å². The number of aromatic nitrogens is 3. The van der Waals surface area contributed by atoms with Crippen molar-refractivity contribution in [2.45, 2.75) is 32.2 Å². The molecule has 4 heterocycles. The van der Waals surface area contributed by atoms with Crippen LogP contribution in [0.4, 0.5) is 5.69 Å². The highest BCUT2D eigenvalue weighted by Crippen LogP contribution is 2.42. The van der Waals surface area contributed by atoms with Crippen molar-refractivity contribution in [2.24, 2.45) is 0 Å². The number of aryl methyl sites for hydroxylation is 1. The van der Waals surface area contributed by atoms with Crippen molar-refractivity contribution < 1.29 is 19.1 Å². The van der Waals surface area contributed by atoms with Gasteiger partial charge in [-0.25, -0.2) is 9.67 Å². The number of methoxy groups -OCH3 is 1. The van der Waals surface area contributed by atoms with Gasteiger partial charge in [-0.15, -0.1) is 0 Å². The summed E-state index contributed by atoms with van der Waals surface area (Å²) in [5, 5.41) is 7.80. The summed E-state index contributed by atoms with van der Waals surface area (Å²) in [5.41, 5.74) is 2.79. The molecule has 2 aromatic heterocycles. The number of ketones is 1. The van der Waals surface area contributed by atoms with Gasteiger partial charge in [-0.1, -0.05) is 25.1 Å². The summed E-state index contributed by atoms with van der Waals surface area (Å²) in [6.45, 7) is 5.14. The van der Waals surface area contributed by atoms with Crippen LogP contribution in [0.1, 0.15) is 41.4 Å². The first kappa shape index (κ1) is 24.5. The number of Topliss-reactive ketones (excluding diaryl/α,β-unsaturated/α-hetero) is 1. The molecule has 2 amide bonds. The fourth-order valence-corrected chi connectivity index (χ4v) is 5.05. The monoisotopic (exact) mass is 502 g/mol. The minimum Gasteiger partial charge on any atom is -0.495 e. The summed E-state index contributed by atoms with van der Waals surface area (Å²) in [7, 11) is 1.52. The Balaban J connectivity index is 1.34. The number of nitrogens with one attached hydrogen (secondary N) is 1. The molecule has 10 nitrogen and oxygen atoms in total. The fraction of sp³-hybridized carbons (Fsp3) is 0.370. The van der Waals surface area contributed by atoms with Crippen LogP contribution in [0.5, 0.6) is 5.75 Å². The molecule has 1 fully saturated rings. The summed E-state index contributed by atoms with van der Waals surface area (Å²) < 4.78 is 7.20. The highest BCUT2D eigenvalue weighted by atomic mass is 16.5. The first-order valence-corrected chi connectivity index (χ1v) is 12.5. The van der Waals surface area contributed by atoms with E-state index >= 15 is 0 Å². The van der Waals surface area contributed by atoms with Gasteiger partial charge in [0.2, 0.25) is 5.78 Å². The molecular formula is C27H30N6O4. The maximum Gasteiger partial charge on any atom is 0.290 e. The van der Waals surface area contributed by atoms with E-state index < -0.39 is 17.6 Å². The molecule has 1 aromatic carbocycles. The molecule has 1 N–H and O–H groups in total. The topological polar surface area (TPSA) is 110 Å². The molecule has 2 unspecified atom stereocenters. The van der Waals surface area contributed by atoms with Gasteiger partial charge in [0.05, 0.1) is 30.6 Å². The van der Waals surface area contributed by atoms with Crippen LogP contribution in [0.3, 0.4) is 0 Å². The molecule has 0 aliphatic carbocycles. The predicted octanol–water partition coefficient (Wildman–Crippen LogP) is 2.29. The number of carbonyl (C=O) groups excluding carboxylic acids is 3. The van der Waals surface area contributed by atoms with Crippen LogP contribution in [-0.4, -0.2) is 81.5 Å². The minimum absolute atomic E-state index is 0.0740. The van der Waals surface area contributed by atoms with E-state index in [1.54, 1.807) is 32.8 Å². The third kappa shape index (κ3) is 4.43. The Morgan fingerprint density at radius 1 is 1.14 bits per heavy atom. The number of piperazine rings is 1. The lowest BCUT2D eigenvalue weighted by Gasteiger charge is -2.39. The lowest BCUT2D eigenvalue weighted by molar-refractivity contribution is -0.146. The van der Waals surface area contributed by atoms with Crippen molar-refractivity contribution in [1.29, 1.82) is 0 Å². The number of amides is 2. The largest absolute Gasteiger partial charge is 0.495 e. The number of ether oxygens (including phenoxy) is 1. The number of anilines is 1. The molecule has 0 saturated carbocycles. The Morgan fingerprint density at radius 3 is 2.59 bits per heavy atom. The van der Waals surface area contributed by atoms with Crippen molar-refractivity contribution in [3.8, 4) is 11.6 Å². The normalized spacial score (nSPS) is 18.8. The third-order valence-electron chi connectivity index (χ3n) is 7.06. The molecule has 5 rings (SSSR count). The second-order valence-corrected chi connectivity index (χ2v) is 9.31. The molecule has 2 aliphatic heterocycles. The molecule has 1 saturated heterocycles. The van der Waals surface area contributed by atoms with Crippen molar-refractivity contribution in [3.05, 3.63) is 65.6 Å². The molecule has 3 aromatic rings. The van der Waals surface area contributed by atoms with E-state index in [-0.39, 0.29) is 18.5 Å². The predicted molar refractivity (Wildman–Crippen MR) is 137 cm³/mol. The quantitative estimate of drug-likeness (QED) is 0.515. The number of carbonyl (C=O) groups is 3. The Bertz CT molecular complexity index is 1340. The van der Waals surface area contributed by atoms with E-state index in [1.807, 2.05) is 44.3 Å². The zero-order chi connectivity index (χ0) is 26.1. The van der Waals surface area contributed by atoms with E-state index in [1.165, 1.54) is 7.11 Å². The average molecular weight is 503 g/mol. The summed E-state index contributed by atoms with van der Waals surface area (Å²) in [5.74, 6) is -0.836. The first-order chi connectivity index (χ1) is 17.9. The molecular weight excluding hydrogens is 472 g/mol. The number of hydrogen-bond acceptors (Lipinski definition) is 7. The van der Waals surface area contributed by atoms with Crippen molar-refractivity contribution >= 4 is 23.3 Å². The molecule has 37 heavy (non-hydrogen) atoms. The van der Waals surface area contributed by atoms with Gasteiger partial charge in [-0.05, 0) is 31.5 Å². The van der Waals surface area contributed by atoms with Gasteiger partial charge >= 0.3 is 0 Å². The minimum atomic E-state index is -0.709. The van der Waals surface area contributed by atoms with Crippen LogP contribution < -0.4 is 10.1 Å². The van der Waals surface area contributed by atoms with E-state index in [0.717, 1.165) is 12.1 Å². The van der Waals surface area contributed by atoms with Gasteiger partial charge in [0.15, 0.2) is 5.82 Å². The van der Waals surface area contributed by atoms with Gasteiger partial charge in [-0.3, -0.25) is 14.4 Å². The smallest absolute Gasteiger partial charge is 0.290 e. The maximum absolute atomic E-state index is 13.5. The van der Waals surface area contributed by atoms with Crippen LogP contribution in [0.25, 0.3) is 5.82 Å². The molecule has 10 heteroatoms. The van der Waals surface area contributed by atoms with E-state index in [0.29, 0.717) is 48.0 Å². The van der Waals surface area contributed by atoms with Crippen molar-refractivity contribution in [1.82, 2.24) is 24.6 Å². The highest BCUT2D eigenvalue weighted by molar-refractivity contribution is 6.38. The Kier molecular flexibility index (Phi) is 6.64. The van der Waals surface area contributed by atoms with Crippen molar-refractivity contribution in [2.75, 3.05) is 38.6 Å². The number of fused-ring (bicyclic) bond motifs is 1. The van der Waals surface area contributed by atoms with Crippen LogP contribution in [0.2, 0.25) is 0 Å². The van der Waals surface area contributed by atoms with E-state index in [2.05, 4.69) is 15.4 Å². The van der Waals surface area contributed by atoms with Crippen molar-refractivity contribution in [3.63, 3.8) is 0 Å². The summed E-state index contributed by atoms with van der Waals surface area (Å²) in [6.07, 6.45) is 4.18. The second kappa shape index (κ2) is 10.0. The SMILES string of the molecule is CCc1ccn(-c2ncc(OC)c3c2NCC3C(=O)C(=O)N2CCN(C(=O)c3ccccc3)C(C)C2)n1. The number of hydrogen-bond donors (Lipinski definition) is 1. The van der Waals surface area contributed by atoms with Crippen LogP contribution in [-0.2, 0) is 16.0 Å². The van der Waals surface area contributed by atoms with Gasteiger partial charge in [-0.2, -0.15) is 5.10 Å². The van der Waals surface area contributed by atoms with E-state index in [4.69, 9.17) is 4.74 Å². The number of pyridine rings is 1. The Morgan fingerprint density at radius 2 is 1.92 bits per heavy atom. The van der Waals surface area contributed by atoms with Crippen LogP contribution in [0, 0.1) is 0 Å². The molecule has 2 atom stereocenters. The van der Waals surface area contributed by atoms with Gasteiger partial charge in [0.1, 0.15) is 5.75 Å². The first-order valence-electron chi connectivity index (χ1n) is 12.5. The van der Waals surface area contributed by atoms with Gasteiger partial charge < -0.3 is 19.9 Å². The fourth-order valence-electron chi connectivity index (χ4n) is 5.05. The summed E-state index contributed by atoms with van der Waals surface area (Å²) >= 11 is 0. The Hall–Kier alpha value is -4.21.